The Morgan fingerprint density at radius 1 is 1.56 bits per heavy atom. The highest BCUT2D eigenvalue weighted by molar-refractivity contribution is 5.77. The van der Waals surface area contributed by atoms with Gasteiger partial charge in [0.2, 0.25) is 0 Å². The summed E-state index contributed by atoms with van der Waals surface area (Å²) >= 11 is 0. The molecule has 1 rings (SSSR count). The van der Waals surface area contributed by atoms with Crippen molar-refractivity contribution in [3.05, 3.63) is 29.6 Å². The quantitative estimate of drug-likeness (QED) is 0.785. The summed E-state index contributed by atoms with van der Waals surface area (Å²) in [5.74, 6) is -0.846. The van der Waals surface area contributed by atoms with Crippen LogP contribution in [0.5, 0.6) is 5.75 Å². The Balaban J connectivity index is 2.51. The Kier molecular flexibility index (Phi) is 5.65. The molecule has 1 amide bonds. The van der Waals surface area contributed by atoms with Crippen molar-refractivity contribution in [3.63, 3.8) is 0 Å². The summed E-state index contributed by atoms with van der Waals surface area (Å²) in [6.45, 7) is 2.39. The first-order valence-electron chi connectivity index (χ1n) is 5.77. The summed E-state index contributed by atoms with van der Waals surface area (Å²) < 4.78 is 18.3. The average molecular weight is 250 g/mol. The van der Waals surface area contributed by atoms with E-state index in [0.29, 0.717) is 6.54 Å². The minimum Gasteiger partial charge on any atom is -0.482 e. The van der Waals surface area contributed by atoms with Crippen molar-refractivity contribution in [2.75, 3.05) is 13.2 Å². The van der Waals surface area contributed by atoms with Gasteiger partial charge in [-0.2, -0.15) is 5.26 Å². The van der Waals surface area contributed by atoms with Gasteiger partial charge >= 0.3 is 0 Å². The lowest BCUT2D eigenvalue weighted by Gasteiger charge is -2.08. The van der Waals surface area contributed by atoms with Crippen molar-refractivity contribution in [1.82, 2.24) is 5.32 Å². The van der Waals surface area contributed by atoms with Gasteiger partial charge in [-0.1, -0.05) is 19.4 Å². The van der Waals surface area contributed by atoms with Crippen LogP contribution in [-0.2, 0) is 4.79 Å². The third-order valence-electron chi connectivity index (χ3n) is 2.30. The molecule has 0 saturated carbocycles. The molecule has 4 nitrogen and oxygen atoms in total. The van der Waals surface area contributed by atoms with Gasteiger partial charge in [0.05, 0.1) is 0 Å². The molecule has 0 fully saturated rings. The Hall–Kier alpha value is -2.09. The van der Waals surface area contributed by atoms with E-state index in [-0.39, 0.29) is 23.8 Å². The normalized spacial score (nSPS) is 9.61. The van der Waals surface area contributed by atoms with Gasteiger partial charge in [-0.3, -0.25) is 4.79 Å². The third-order valence-corrected chi connectivity index (χ3v) is 2.30. The number of ether oxygens (including phenoxy) is 1. The fourth-order valence-corrected chi connectivity index (χ4v) is 1.33. The first-order valence-corrected chi connectivity index (χ1v) is 5.77. The summed E-state index contributed by atoms with van der Waals surface area (Å²) in [5, 5.41) is 11.4. The van der Waals surface area contributed by atoms with E-state index in [4.69, 9.17) is 10.00 Å². The van der Waals surface area contributed by atoms with E-state index in [2.05, 4.69) is 5.32 Å². The van der Waals surface area contributed by atoms with Crippen LogP contribution in [0, 0.1) is 17.1 Å². The number of hydrogen-bond acceptors (Lipinski definition) is 3. The minimum absolute atomic E-state index is 0.0862. The van der Waals surface area contributed by atoms with E-state index >= 15 is 0 Å². The zero-order chi connectivity index (χ0) is 13.4. The van der Waals surface area contributed by atoms with E-state index in [1.807, 2.05) is 6.92 Å². The molecular weight excluding hydrogens is 235 g/mol. The third kappa shape index (κ3) is 4.06. The van der Waals surface area contributed by atoms with Crippen molar-refractivity contribution >= 4 is 5.91 Å². The second-order valence-corrected chi connectivity index (χ2v) is 3.72. The molecule has 0 aliphatic heterocycles. The van der Waals surface area contributed by atoms with Crippen molar-refractivity contribution < 1.29 is 13.9 Å². The molecule has 1 aromatic rings. The summed E-state index contributed by atoms with van der Waals surface area (Å²) in [7, 11) is 0. The van der Waals surface area contributed by atoms with Gasteiger partial charge in [0.15, 0.2) is 6.61 Å². The van der Waals surface area contributed by atoms with Gasteiger partial charge < -0.3 is 10.1 Å². The van der Waals surface area contributed by atoms with Gasteiger partial charge in [0.25, 0.3) is 5.91 Å². The zero-order valence-electron chi connectivity index (χ0n) is 10.2. The van der Waals surface area contributed by atoms with Crippen LogP contribution in [-0.4, -0.2) is 19.1 Å². The van der Waals surface area contributed by atoms with Crippen LogP contribution in [0.25, 0.3) is 0 Å². The molecule has 1 aromatic carbocycles. The van der Waals surface area contributed by atoms with Crippen molar-refractivity contribution in [2.24, 2.45) is 0 Å². The molecule has 0 unspecified atom stereocenters. The predicted molar refractivity (Wildman–Crippen MR) is 64.5 cm³/mol. The molecule has 0 aliphatic rings. The van der Waals surface area contributed by atoms with E-state index < -0.39 is 5.82 Å². The summed E-state index contributed by atoms with van der Waals surface area (Å²) in [4.78, 5) is 11.4. The zero-order valence-corrected chi connectivity index (χ0v) is 10.2. The molecular formula is C13H15FN2O2. The maximum Gasteiger partial charge on any atom is 0.257 e. The number of nitrogens with one attached hydrogen (secondary N) is 1. The Bertz CT molecular complexity index is 455. The summed E-state index contributed by atoms with van der Waals surface area (Å²) in [6.07, 6.45) is 1.89. The number of nitriles is 1. The molecule has 0 heterocycles. The first-order chi connectivity index (χ1) is 8.69. The second-order valence-electron chi connectivity index (χ2n) is 3.72. The smallest absolute Gasteiger partial charge is 0.257 e. The number of rotatable bonds is 6. The van der Waals surface area contributed by atoms with Crippen LogP contribution in [0.2, 0.25) is 0 Å². The number of halogens is 1. The number of hydrogen-bond donors (Lipinski definition) is 1. The highest BCUT2D eigenvalue weighted by Crippen LogP contribution is 2.19. The molecule has 1 N–H and O–H groups in total. The predicted octanol–water partition coefficient (Wildman–Crippen LogP) is 1.99. The SMILES string of the molecule is CCCCNC(=O)COc1cccc(F)c1C#N. The Labute approximate surface area is 105 Å². The van der Waals surface area contributed by atoms with Crippen LogP contribution < -0.4 is 10.1 Å². The fraction of sp³-hybridized carbons (Fsp3) is 0.385. The lowest BCUT2D eigenvalue weighted by Crippen LogP contribution is -2.29. The second kappa shape index (κ2) is 7.28. The largest absolute Gasteiger partial charge is 0.482 e. The topological polar surface area (TPSA) is 62.1 Å². The molecule has 0 aromatic heterocycles. The molecule has 18 heavy (non-hydrogen) atoms. The molecule has 0 aliphatic carbocycles. The Morgan fingerprint density at radius 2 is 2.33 bits per heavy atom. The highest BCUT2D eigenvalue weighted by atomic mass is 19.1. The minimum atomic E-state index is -0.651. The van der Waals surface area contributed by atoms with Crippen LogP contribution in [0.3, 0.4) is 0 Å². The van der Waals surface area contributed by atoms with Gasteiger partial charge in [-0.15, -0.1) is 0 Å². The van der Waals surface area contributed by atoms with Crippen molar-refractivity contribution in [2.45, 2.75) is 19.8 Å². The maximum absolute atomic E-state index is 13.2. The number of carbonyl (C=O) groups excluding carboxylic acids is 1. The molecule has 0 radical (unpaired) electrons. The number of unbranched alkanes of at least 4 members (excludes halogenated alkanes) is 1. The Morgan fingerprint density at radius 3 is 3.00 bits per heavy atom. The first kappa shape index (κ1) is 14.0. The van der Waals surface area contributed by atoms with Crippen molar-refractivity contribution in [3.8, 4) is 11.8 Å². The summed E-state index contributed by atoms with van der Waals surface area (Å²) in [6, 6.07) is 5.77. The molecule has 0 bridgehead atoms. The van der Waals surface area contributed by atoms with E-state index in [1.54, 1.807) is 6.07 Å². The number of nitrogens with zero attached hydrogens (tertiary/aromatic N) is 1. The van der Waals surface area contributed by atoms with Gasteiger partial charge in [-0.25, -0.2) is 4.39 Å². The fourth-order valence-electron chi connectivity index (χ4n) is 1.33. The van der Waals surface area contributed by atoms with Crippen molar-refractivity contribution in [1.29, 1.82) is 5.26 Å². The monoisotopic (exact) mass is 250 g/mol. The van der Waals surface area contributed by atoms with E-state index in [1.165, 1.54) is 18.2 Å². The molecule has 96 valence electrons. The van der Waals surface area contributed by atoms with E-state index in [9.17, 15) is 9.18 Å². The van der Waals surface area contributed by atoms with Crippen LogP contribution >= 0.6 is 0 Å². The lowest BCUT2D eigenvalue weighted by atomic mass is 10.2. The van der Waals surface area contributed by atoms with Crippen LogP contribution in [0.1, 0.15) is 25.3 Å². The maximum atomic E-state index is 13.2. The number of benzene rings is 1. The highest BCUT2D eigenvalue weighted by Gasteiger charge is 2.10. The number of amides is 1. The number of carbonyl (C=O) groups is 1. The molecule has 0 saturated heterocycles. The average Bonchev–Trinajstić information content (AvgIpc) is 2.36. The van der Waals surface area contributed by atoms with Gasteiger partial charge in [0.1, 0.15) is 23.2 Å². The van der Waals surface area contributed by atoms with Crippen LogP contribution in [0.4, 0.5) is 4.39 Å². The molecule has 0 spiro atoms. The van der Waals surface area contributed by atoms with E-state index in [0.717, 1.165) is 12.8 Å². The van der Waals surface area contributed by atoms with Gasteiger partial charge in [-0.05, 0) is 18.6 Å². The van der Waals surface area contributed by atoms with Crippen LogP contribution in [0.15, 0.2) is 18.2 Å². The van der Waals surface area contributed by atoms with Gasteiger partial charge in [0, 0.05) is 6.54 Å². The lowest BCUT2D eigenvalue weighted by molar-refractivity contribution is -0.123. The standard InChI is InChI=1S/C13H15FN2O2/c1-2-3-7-16-13(17)9-18-12-6-4-5-11(14)10(12)8-15/h4-6H,2-3,7,9H2,1H3,(H,16,17). The molecule has 5 heteroatoms. The summed E-state index contributed by atoms with van der Waals surface area (Å²) in [5.41, 5.74) is -0.182. The molecule has 0 atom stereocenters.